The zero-order valence-electron chi connectivity index (χ0n) is 15.0. The molecule has 0 spiro atoms. The fourth-order valence-electron chi connectivity index (χ4n) is 2.54. The van der Waals surface area contributed by atoms with Gasteiger partial charge in [0.05, 0.1) is 6.61 Å². The molecule has 3 N–H and O–H groups in total. The Hall–Kier alpha value is -3.17. The Balaban J connectivity index is 1.90. The van der Waals surface area contributed by atoms with Gasteiger partial charge in [-0.2, -0.15) is 0 Å². The van der Waals surface area contributed by atoms with Gasteiger partial charge in [0.25, 0.3) is 0 Å². The van der Waals surface area contributed by atoms with Crippen LogP contribution in [-0.2, 0) is 19.1 Å². The topological polar surface area (TPSA) is 117 Å². The number of aliphatic hydroxyl groups is 1. The van der Waals surface area contributed by atoms with Crippen LogP contribution in [0.5, 0.6) is 0 Å². The number of aromatic amines is 1. The van der Waals surface area contributed by atoms with Crippen LogP contribution in [0.1, 0.15) is 12.0 Å². The molecule has 0 aromatic carbocycles. The molecule has 3 rings (SSSR count). The first-order valence-corrected chi connectivity index (χ1v) is 8.34. The van der Waals surface area contributed by atoms with Crippen molar-refractivity contribution in [3.05, 3.63) is 47.3 Å². The number of fused-ring (bicyclic) bond motifs is 1. The summed E-state index contributed by atoms with van der Waals surface area (Å²) in [6, 6.07) is 3.65. The van der Waals surface area contributed by atoms with Crippen molar-refractivity contribution in [1.82, 2.24) is 20.4 Å². The summed E-state index contributed by atoms with van der Waals surface area (Å²) in [7, 11) is 3.39. The Morgan fingerprint density at radius 2 is 2.30 bits per heavy atom. The second-order valence-corrected chi connectivity index (χ2v) is 6.01. The standard InChI is InChI=1S/C18H20N4O5/c1-22(2)21-17-14(18(25)26-8-4-7-23)15(24)13(27-17)9-11-10-20-16-12(11)5-3-6-19-16/h3,5-6,9-10,21,23H,4,7-8H2,1-2H3,(H,19,20)/b13-9-. The second kappa shape index (κ2) is 8.02. The summed E-state index contributed by atoms with van der Waals surface area (Å²) in [5.74, 6) is -1.38. The van der Waals surface area contributed by atoms with Gasteiger partial charge in [-0.1, -0.05) is 0 Å². The molecule has 3 heterocycles. The molecule has 0 saturated carbocycles. The SMILES string of the molecule is CN(C)NC1=C(C(=O)OCCCO)C(=O)/C(=C/c2c[nH]c3ncccc23)O1. The van der Waals surface area contributed by atoms with Crippen LogP contribution in [0.4, 0.5) is 0 Å². The molecule has 142 valence electrons. The number of nitrogens with zero attached hydrogens (tertiary/aromatic N) is 2. The van der Waals surface area contributed by atoms with E-state index < -0.39 is 11.8 Å². The first kappa shape index (κ1) is 18.6. The van der Waals surface area contributed by atoms with Gasteiger partial charge in [-0.05, 0) is 18.2 Å². The lowest BCUT2D eigenvalue weighted by molar-refractivity contribution is -0.140. The molecular formula is C18H20N4O5. The van der Waals surface area contributed by atoms with Gasteiger partial charge in [-0.15, -0.1) is 0 Å². The molecule has 27 heavy (non-hydrogen) atoms. The maximum absolute atomic E-state index is 12.7. The van der Waals surface area contributed by atoms with Gasteiger partial charge in [0.15, 0.2) is 11.3 Å². The lowest BCUT2D eigenvalue weighted by Gasteiger charge is -2.14. The van der Waals surface area contributed by atoms with Crippen molar-refractivity contribution in [3.63, 3.8) is 0 Å². The Morgan fingerprint density at radius 1 is 1.48 bits per heavy atom. The van der Waals surface area contributed by atoms with Gasteiger partial charge in [-0.25, -0.2) is 14.8 Å². The number of H-pyrrole nitrogens is 1. The summed E-state index contributed by atoms with van der Waals surface area (Å²) in [4.78, 5) is 32.3. The van der Waals surface area contributed by atoms with Gasteiger partial charge in [0, 0.05) is 50.5 Å². The Kier molecular flexibility index (Phi) is 5.53. The highest BCUT2D eigenvalue weighted by atomic mass is 16.5. The third kappa shape index (κ3) is 3.99. The predicted octanol–water partition coefficient (Wildman–Crippen LogP) is 0.706. The first-order chi connectivity index (χ1) is 13.0. The average Bonchev–Trinajstić information content (AvgIpc) is 3.17. The number of hydrazine groups is 1. The lowest BCUT2D eigenvalue weighted by atomic mass is 10.1. The maximum Gasteiger partial charge on any atom is 0.347 e. The molecule has 0 fully saturated rings. The second-order valence-electron chi connectivity index (χ2n) is 6.01. The lowest BCUT2D eigenvalue weighted by Crippen LogP contribution is -2.31. The van der Waals surface area contributed by atoms with E-state index in [4.69, 9.17) is 14.6 Å². The Labute approximate surface area is 155 Å². The molecule has 0 saturated heterocycles. The predicted molar refractivity (Wildman–Crippen MR) is 96.7 cm³/mol. The van der Waals surface area contributed by atoms with Gasteiger partial charge in [-0.3, -0.25) is 10.2 Å². The monoisotopic (exact) mass is 372 g/mol. The molecule has 0 radical (unpaired) electrons. The number of rotatable bonds is 7. The van der Waals surface area contributed by atoms with Crippen LogP contribution in [0.2, 0.25) is 0 Å². The number of carbonyl (C=O) groups is 2. The number of aromatic nitrogens is 2. The summed E-state index contributed by atoms with van der Waals surface area (Å²) in [6.45, 7) is -0.103. The zero-order valence-corrected chi connectivity index (χ0v) is 15.0. The zero-order chi connectivity index (χ0) is 19.4. The van der Waals surface area contributed by atoms with Gasteiger partial charge >= 0.3 is 5.97 Å². The third-order valence-electron chi connectivity index (χ3n) is 3.72. The van der Waals surface area contributed by atoms with Crippen LogP contribution in [-0.4, -0.2) is 59.1 Å². The number of ether oxygens (including phenoxy) is 2. The highest BCUT2D eigenvalue weighted by Gasteiger charge is 2.37. The quantitative estimate of drug-likeness (QED) is 0.214. The minimum Gasteiger partial charge on any atom is -0.462 e. The molecule has 0 bridgehead atoms. The van der Waals surface area contributed by atoms with Crippen molar-refractivity contribution in [2.75, 3.05) is 27.3 Å². The molecule has 0 amide bonds. The molecule has 0 atom stereocenters. The Morgan fingerprint density at radius 3 is 3.04 bits per heavy atom. The van der Waals surface area contributed by atoms with Crippen molar-refractivity contribution < 1.29 is 24.2 Å². The summed E-state index contributed by atoms with van der Waals surface area (Å²) in [6.07, 6.45) is 5.20. The average molecular weight is 372 g/mol. The molecule has 1 aliphatic heterocycles. The highest BCUT2D eigenvalue weighted by Crippen LogP contribution is 2.28. The fourth-order valence-corrected chi connectivity index (χ4v) is 2.54. The molecule has 9 heteroatoms. The van der Waals surface area contributed by atoms with Gasteiger partial charge in [0.1, 0.15) is 5.65 Å². The van der Waals surface area contributed by atoms with Crippen molar-refractivity contribution in [1.29, 1.82) is 0 Å². The van der Waals surface area contributed by atoms with Crippen LogP contribution in [0.15, 0.2) is 41.7 Å². The molecule has 9 nitrogen and oxygen atoms in total. The molecule has 1 aliphatic rings. The van der Waals surface area contributed by atoms with E-state index in [0.29, 0.717) is 11.2 Å². The third-order valence-corrected chi connectivity index (χ3v) is 3.72. The minimum absolute atomic E-state index is 0.00166. The van der Waals surface area contributed by atoms with Gasteiger partial charge < -0.3 is 19.6 Å². The van der Waals surface area contributed by atoms with Crippen molar-refractivity contribution in [2.24, 2.45) is 0 Å². The normalized spacial score (nSPS) is 15.7. The number of pyridine rings is 1. The van der Waals surface area contributed by atoms with Crippen LogP contribution in [0.3, 0.4) is 0 Å². The molecule has 2 aromatic heterocycles. The van der Waals surface area contributed by atoms with E-state index in [0.717, 1.165) is 5.39 Å². The minimum atomic E-state index is -0.804. The van der Waals surface area contributed by atoms with Crippen molar-refractivity contribution in [3.8, 4) is 0 Å². The first-order valence-electron chi connectivity index (χ1n) is 8.34. The molecule has 0 unspecified atom stereocenters. The van der Waals surface area contributed by atoms with E-state index in [1.807, 2.05) is 6.07 Å². The Bertz CT molecular complexity index is 929. The van der Waals surface area contributed by atoms with E-state index in [-0.39, 0.29) is 36.8 Å². The number of ketones is 1. The fraction of sp³-hybridized carbons (Fsp3) is 0.278. The van der Waals surface area contributed by atoms with Crippen molar-refractivity contribution >= 4 is 28.9 Å². The molecule has 2 aromatic rings. The number of nitrogens with one attached hydrogen (secondary N) is 2. The van der Waals surface area contributed by atoms with Crippen molar-refractivity contribution in [2.45, 2.75) is 6.42 Å². The van der Waals surface area contributed by atoms with E-state index in [1.165, 1.54) is 0 Å². The van der Waals surface area contributed by atoms with E-state index >= 15 is 0 Å². The number of hydrogen-bond donors (Lipinski definition) is 3. The van der Waals surface area contributed by atoms with Gasteiger partial charge in [0.2, 0.25) is 11.7 Å². The van der Waals surface area contributed by atoms with Crippen LogP contribution >= 0.6 is 0 Å². The summed E-state index contributed by atoms with van der Waals surface area (Å²) in [5.41, 5.74) is 3.97. The molecular weight excluding hydrogens is 352 g/mol. The number of carbonyl (C=O) groups excluding carboxylic acids is 2. The number of esters is 1. The molecule has 0 aliphatic carbocycles. The summed E-state index contributed by atoms with van der Waals surface area (Å²) >= 11 is 0. The summed E-state index contributed by atoms with van der Waals surface area (Å²) < 4.78 is 10.6. The number of allylic oxidation sites excluding steroid dienone is 1. The number of aliphatic hydroxyl groups excluding tert-OH is 1. The number of Topliss-reactive ketones (excluding diaryl/α,β-unsaturated/α-hetero) is 1. The van der Waals surface area contributed by atoms with E-state index in [1.54, 1.807) is 43.6 Å². The van der Waals surface area contributed by atoms with E-state index in [9.17, 15) is 9.59 Å². The summed E-state index contributed by atoms with van der Waals surface area (Å²) in [5, 5.41) is 11.2. The highest BCUT2D eigenvalue weighted by molar-refractivity contribution is 6.26. The van der Waals surface area contributed by atoms with Crippen LogP contribution in [0, 0.1) is 0 Å². The largest absolute Gasteiger partial charge is 0.462 e. The smallest absolute Gasteiger partial charge is 0.347 e. The maximum atomic E-state index is 12.7. The van der Waals surface area contributed by atoms with E-state index in [2.05, 4.69) is 15.4 Å². The van der Waals surface area contributed by atoms with Crippen LogP contribution in [0.25, 0.3) is 17.1 Å². The number of hydrogen-bond acceptors (Lipinski definition) is 8. The van der Waals surface area contributed by atoms with Crippen LogP contribution < -0.4 is 5.43 Å².